The van der Waals surface area contributed by atoms with Gasteiger partial charge in [0.05, 0.1) is 18.1 Å². The van der Waals surface area contributed by atoms with Gasteiger partial charge < -0.3 is 25.2 Å². The second-order valence-electron chi connectivity index (χ2n) is 11.1. The van der Waals surface area contributed by atoms with Crippen molar-refractivity contribution in [1.82, 2.24) is 10.6 Å². The molecule has 0 bridgehead atoms. The molecule has 5 rings (SSSR count). The van der Waals surface area contributed by atoms with Crippen LogP contribution in [-0.2, 0) is 25.7 Å². The number of ether oxygens (including phenoxy) is 2. The first-order valence-electron chi connectivity index (χ1n) is 14.1. The number of carbonyl (C=O) groups is 3. The number of carboxylic acids is 1. The summed E-state index contributed by atoms with van der Waals surface area (Å²) in [6.45, 7) is 3.71. The average molecular weight is 557 g/mol. The molecule has 4 unspecified atom stereocenters. The third-order valence-electron chi connectivity index (χ3n) is 8.49. The molecule has 2 amide bonds. The van der Waals surface area contributed by atoms with E-state index in [1.807, 2.05) is 66.7 Å². The van der Waals surface area contributed by atoms with Gasteiger partial charge in [0, 0.05) is 12.0 Å². The molecule has 8 nitrogen and oxygen atoms in total. The largest absolute Gasteiger partial charge is 0.481 e. The summed E-state index contributed by atoms with van der Waals surface area (Å²) in [5.74, 6) is -1.57. The Morgan fingerprint density at radius 1 is 0.951 bits per heavy atom. The van der Waals surface area contributed by atoms with E-state index in [1.54, 1.807) is 13.8 Å². The van der Waals surface area contributed by atoms with Crippen molar-refractivity contribution in [3.05, 3.63) is 95.6 Å². The fraction of sp³-hybridized carbons (Fsp3) is 0.364. The number of hydrogen-bond donors (Lipinski definition) is 3. The lowest BCUT2D eigenvalue weighted by atomic mass is 9.84. The van der Waals surface area contributed by atoms with Crippen LogP contribution in [0.1, 0.15) is 55.7 Å². The maximum atomic E-state index is 13.5. The van der Waals surface area contributed by atoms with Gasteiger partial charge in [-0.25, -0.2) is 4.79 Å². The topological polar surface area (TPSA) is 114 Å². The second kappa shape index (κ2) is 12.1. The highest BCUT2D eigenvalue weighted by Gasteiger charge is 2.47. The van der Waals surface area contributed by atoms with Gasteiger partial charge in [0.2, 0.25) is 5.91 Å². The van der Waals surface area contributed by atoms with Crippen LogP contribution < -0.4 is 10.6 Å². The maximum Gasteiger partial charge on any atom is 0.407 e. The van der Waals surface area contributed by atoms with E-state index in [2.05, 4.69) is 22.8 Å². The monoisotopic (exact) mass is 556 g/mol. The van der Waals surface area contributed by atoms with Gasteiger partial charge in [-0.15, -0.1) is 0 Å². The van der Waals surface area contributed by atoms with Crippen molar-refractivity contribution in [2.75, 3.05) is 6.61 Å². The molecule has 0 radical (unpaired) electrons. The predicted octanol–water partition coefficient (Wildman–Crippen LogP) is 5.26. The Labute approximate surface area is 240 Å². The van der Waals surface area contributed by atoms with Crippen molar-refractivity contribution in [1.29, 1.82) is 0 Å². The third kappa shape index (κ3) is 5.98. The second-order valence-corrected chi connectivity index (χ2v) is 11.1. The normalized spacial score (nSPS) is 20.9. The highest BCUT2D eigenvalue weighted by molar-refractivity contribution is 5.87. The number of benzene rings is 3. The van der Waals surface area contributed by atoms with E-state index in [-0.39, 0.29) is 19.1 Å². The van der Waals surface area contributed by atoms with E-state index >= 15 is 0 Å². The number of alkyl carbamates (subject to hydrolysis) is 1. The Bertz CT molecular complexity index is 1360. The van der Waals surface area contributed by atoms with Crippen LogP contribution in [0.4, 0.5) is 4.79 Å². The van der Waals surface area contributed by atoms with Crippen LogP contribution in [-0.4, -0.2) is 47.9 Å². The molecular weight excluding hydrogens is 520 g/mol. The average Bonchev–Trinajstić information content (AvgIpc) is 3.52. The number of amides is 2. The summed E-state index contributed by atoms with van der Waals surface area (Å²) in [6.07, 6.45) is 0.254. The molecule has 3 aromatic rings. The van der Waals surface area contributed by atoms with Gasteiger partial charge in [-0.3, -0.25) is 9.59 Å². The van der Waals surface area contributed by atoms with Crippen LogP contribution in [0.15, 0.2) is 78.9 Å². The Morgan fingerprint density at radius 3 is 2.20 bits per heavy atom. The lowest BCUT2D eigenvalue weighted by Gasteiger charge is -2.31. The van der Waals surface area contributed by atoms with Gasteiger partial charge in [0.25, 0.3) is 0 Å². The zero-order valence-electron chi connectivity index (χ0n) is 23.3. The fourth-order valence-electron chi connectivity index (χ4n) is 5.98. The number of fused-ring (bicyclic) bond motifs is 3. The number of carboxylic acid groups (broad SMARTS) is 1. The van der Waals surface area contributed by atoms with Crippen molar-refractivity contribution in [3.8, 4) is 11.1 Å². The summed E-state index contributed by atoms with van der Waals surface area (Å²) in [5.41, 5.74) is 4.27. The zero-order valence-corrected chi connectivity index (χ0v) is 23.3. The molecule has 4 atom stereocenters. The van der Waals surface area contributed by atoms with Gasteiger partial charge in [0.15, 0.2) is 0 Å². The van der Waals surface area contributed by atoms with Crippen molar-refractivity contribution in [3.63, 3.8) is 0 Å². The summed E-state index contributed by atoms with van der Waals surface area (Å²) in [7, 11) is 0. The SMILES string of the molecule is CC(OCc1ccccc1)C(NC(=O)OCC1c2ccccc2-c2ccccc21)C(=O)NC1CCCC1(C)C(=O)O. The van der Waals surface area contributed by atoms with E-state index in [1.165, 1.54) is 0 Å². The number of carbonyl (C=O) groups excluding carboxylic acids is 2. The maximum absolute atomic E-state index is 13.5. The van der Waals surface area contributed by atoms with Crippen molar-refractivity contribution >= 4 is 18.0 Å². The Hall–Kier alpha value is -4.17. The standard InChI is InChI=1S/C33H36N2O6/c1-21(40-19-22-11-4-3-5-12-22)29(30(36)34-28-17-10-18-33(28,2)31(37)38)35-32(39)41-20-27-25-15-8-6-13-23(25)24-14-7-9-16-26(24)27/h3-9,11-16,21,27-29H,10,17-20H2,1-2H3,(H,34,36)(H,35,39)(H,37,38). The van der Waals surface area contributed by atoms with E-state index in [9.17, 15) is 19.5 Å². The molecule has 0 saturated heterocycles. The summed E-state index contributed by atoms with van der Waals surface area (Å²) < 4.78 is 11.7. The smallest absolute Gasteiger partial charge is 0.407 e. The number of nitrogens with one attached hydrogen (secondary N) is 2. The quantitative estimate of drug-likeness (QED) is 0.314. The van der Waals surface area contributed by atoms with Gasteiger partial charge in [-0.1, -0.05) is 85.3 Å². The van der Waals surface area contributed by atoms with Crippen LogP contribution in [0.2, 0.25) is 0 Å². The summed E-state index contributed by atoms with van der Waals surface area (Å²) in [6, 6.07) is 24.0. The fourth-order valence-corrected chi connectivity index (χ4v) is 5.98. The molecule has 214 valence electrons. The molecule has 2 aliphatic rings. The molecule has 8 heteroatoms. The summed E-state index contributed by atoms with van der Waals surface area (Å²) in [4.78, 5) is 38.6. The van der Waals surface area contributed by atoms with E-state index in [0.29, 0.717) is 19.3 Å². The van der Waals surface area contributed by atoms with E-state index in [0.717, 1.165) is 27.8 Å². The van der Waals surface area contributed by atoms with Crippen molar-refractivity contribution in [2.45, 2.75) is 63.8 Å². The molecule has 3 aromatic carbocycles. The molecule has 1 saturated carbocycles. The van der Waals surface area contributed by atoms with Crippen LogP contribution in [0.5, 0.6) is 0 Å². The van der Waals surface area contributed by atoms with Gasteiger partial charge in [-0.2, -0.15) is 0 Å². The first-order chi connectivity index (χ1) is 19.8. The predicted molar refractivity (Wildman–Crippen MR) is 154 cm³/mol. The number of rotatable bonds is 10. The van der Waals surface area contributed by atoms with Gasteiger partial charge >= 0.3 is 12.1 Å². The van der Waals surface area contributed by atoms with Crippen molar-refractivity contribution in [2.24, 2.45) is 5.41 Å². The minimum Gasteiger partial charge on any atom is -0.481 e. The van der Waals surface area contributed by atoms with E-state index in [4.69, 9.17) is 9.47 Å². The highest BCUT2D eigenvalue weighted by atomic mass is 16.5. The molecule has 1 fully saturated rings. The van der Waals surface area contributed by atoms with Crippen molar-refractivity contribution < 1.29 is 29.0 Å². The molecule has 3 N–H and O–H groups in total. The van der Waals surface area contributed by atoms with Crippen LogP contribution >= 0.6 is 0 Å². The minimum absolute atomic E-state index is 0.104. The Balaban J connectivity index is 1.28. The molecular formula is C33H36N2O6. The van der Waals surface area contributed by atoms with Crippen LogP contribution in [0.25, 0.3) is 11.1 Å². The third-order valence-corrected chi connectivity index (χ3v) is 8.49. The molecule has 41 heavy (non-hydrogen) atoms. The summed E-state index contributed by atoms with van der Waals surface area (Å²) in [5, 5.41) is 15.4. The minimum atomic E-state index is -1.09. The first kappa shape index (κ1) is 28.4. The molecule has 0 spiro atoms. The van der Waals surface area contributed by atoms with Gasteiger partial charge in [-0.05, 0) is 54.5 Å². The Kier molecular flexibility index (Phi) is 8.40. The number of hydrogen-bond acceptors (Lipinski definition) is 5. The first-order valence-corrected chi connectivity index (χ1v) is 14.1. The Morgan fingerprint density at radius 2 is 1.56 bits per heavy atom. The lowest BCUT2D eigenvalue weighted by Crippen LogP contribution is -2.57. The number of aliphatic carboxylic acids is 1. The molecule has 2 aliphatic carbocycles. The van der Waals surface area contributed by atoms with Gasteiger partial charge in [0.1, 0.15) is 12.6 Å². The zero-order chi connectivity index (χ0) is 29.0. The van der Waals surface area contributed by atoms with E-state index < -0.39 is 41.6 Å². The summed E-state index contributed by atoms with van der Waals surface area (Å²) >= 11 is 0. The van der Waals surface area contributed by atoms with Crippen LogP contribution in [0, 0.1) is 5.41 Å². The van der Waals surface area contributed by atoms with Crippen LogP contribution in [0.3, 0.4) is 0 Å². The lowest BCUT2D eigenvalue weighted by molar-refractivity contribution is -0.149. The molecule has 0 heterocycles. The molecule has 0 aromatic heterocycles. The molecule has 0 aliphatic heterocycles. The highest BCUT2D eigenvalue weighted by Crippen LogP contribution is 2.44.